The van der Waals surface area contributed by atoms with Crippen LogP contribution in [0.2, 0.25) is 0 Å². The average molecular weight is 417 g/mol. The van der Waals surface area contributed by atoms with Crippen molar-refractivity contribution in [3.63, 3.8) is 0 Å². The lowest BCUT2D eigenvalue weighted by Gasteiger charge is -2.15. The molecule has 150 valence electrons. The normalized spacial score (nSPS) is 12.9. The largest absolute Gasteiger partial charge is 0.322 e. The van der Waals surface area contributed by atoms with Crippen molar-refractivity contribution in [1.29, 1.82) is 0 Å². The molecule has 0 aliphatic heterocycles. The lowest BCUT2D eigenvalue weighted by atomic mass is 9.93. The molecule has 0 bridgehead atoms. The average Bonchev–Trinajstić information content (AvgIpc) is 3.30. The van der Waals surface area contributed by atoms with E-state index in [9.17, 15) is 9.18 Å². The number of carbonyl (C=O) groups excluding carboxylic acids is 1. The number of aryl methyl sites for hydroxylation is 4. The second-order valence-electron chi connectivity index (χ2n) is 7.81. The number of nitrogens with zero attached hydrogens (tertiary/aromatic N) is 1. The van der Waals surface area contributed by atoms with Gasteiger partial charge in [-0.1, -0.05) is 29.8 Å². The Labute approximate surface area is 178 Å². The second kappa shape index (κ2) is 7.33. The molecule has 30 heavy (non-hydrogen) atoms. The van der Waals surface area contributed by atoms with Gasteiger partial charge in [0.05, 0.1) is 11.3 Å². The summed E-state index contributed by atoms with van der Waals surface area (Å²) in [5.74, 6) is -0.552. The van der Waals surface area contributed by atoms with Gasteiger partial charge in [-0.2, -0.15) is 0 Å². The minimum absolute atomic E-state index is 0.220. The number of rotatable bonds is 3. The van der Waals surface area contributed by atoms with Crippen LogP contribution in [-0.4, -0.2) is 10.9 Å². The Bertz CT molecular complexity index is 1270. The van der Waals surface area contributed by atoms with Crippen LogP contribution >= 0.6 is 11.3 Å². The summed E-state index contributed by atoms with van der Waals surface area (Å²) in [4.78, 5) is 20.6. The fourth-order valence-corrected chi connectivity index (χ4v) is 5.57. The van der Waals surface area contributed by atoms with Crippen molar-refractivity contribution in [1.82, 2.24) is 4.98 Å². The number of halogens is 1. The molecular formula is C25H21FN2OS. The molecule has 2 heterocycles. The van der Waals surface area contributed by atoms with Crippen LogP contribution in [0.15, 0.2) is 48.5 Å². The zero-order chi connectivity index (χ0) is 20.8. The number of fused-ring (bicyclic) bond motifs is 3. The quantitative estimate of drug-likeness (QED) is 0.416. The molecule has 0 saturated carbocycles. The summed E-state index contributed by atoms with van der Waals surface area (Å²) in [6.45, 7) is 3.95. The van der Waals surface area contributed by atoms with Gasteiger partial charge in [0, 0.05) is 21.5 Å². The lowest BCUT2D eigenvalue weighted by Crippen LogP contribution is -2.16. The molecule has 1 N–H and O–H groups in total. The number of benzene rings is 2. The number of hydrogen-bond donors (Lipinski definition) is 1. The van der Waals surface area contributed by atoms with Gasteiger partial charge in [0.15, 0.2) is 0 Å². The fourth-order valence-electron chi connectivity index (χ4n) is 4.25. The third-order valence-corrected chi connectivity index (χ3v) is 6.89. The van der Waals surface area contributed by atoms with Crippen LogP contribution in [0.1, 0.15) is 38.5 Å². The maximum absolute atomic E-state index is 13.4. The number of carbonyl (C=O) groups is 1. The van der Waals surface area contributed by atoms with Gasteiger partial charge in [-0.05, 0) is 68.5 Å². The highest BCUT2D eigenvalue weighted by atomic mass is 32.1. The number of amides is 1. The van der Waals surface area contributed by atoms with E-state index in [0.717, 1.165) is 40.6 Å². The van der Waals surface area contributed by atoms with E-state index in [0.29, 0.717) is 16.9 Å². The standard InChI is InChI=1S/C25H21FN2OS/c1-14-6-8-16(9-7-14)22-21(24(29)28-18-12-10-17(26)11-13-18)15(2)27-25-23(22)19-4-3-5-20(19)30-25/h6-13H,3-5H2,1-2H3,(H,28,29). The Hall–Kier alpha value is -3.05. The van der Waals surface area contributed by atoms with Gasteiger partial charge >= 0.3 is 0 Å². The SMILES string of the molecule is Cc1ccc(-c2c(C(=O)Nc3ccc(F)cc3)c(C)nc3sc4c(c23)CCC4)cc1. The van der Waals surface area contributed by atoms with Gasteiger partial charge in [0.25, 0.3) is 5.91 Å². The van der Waals surface area contributed by atoms with E-state index in [4.69, 9.17) is 4.98 Å². The summed E-state index contributed by atoms with van der Waals surface area (Å²) < 4.78 is 13.3. The maximum Gasteiger partial charge on any atom is 0.258 e. The first-order valence-corrected chi connectivity index (χ1v) is 10.9. The molecule has 0 radical (unpaired) electrons. The van der Waals surface area contributed by atoms with Crippen molar-refractivity contribution in [2.75, 3.05) is 5.32 Å². The number of anilines is 1. The van der Waals surface area contributed by atoms with Crippen LogP contribution in [0.3, 0.4) is 0 Å². The highest BCUT2D eigenvalue weighted by molar-refractivity contribution is 7.19. The first-order valence-electron chi connectivity index (χ1n) is 10.1. The molecule has 3 nitrogen and oxygen atoms in total. The van der Waals surface area contributed by atoms with Crippen LogP contribution in [-0.2, 0) is 12.8 Å². The predicted molar refractivity (Wildman–Crippen MR) is 121 cm³/mol. The summed E-state index contributed by atoms with van der Waals surface area (Å²) in [6.07, 6.45) is 3.26. The van der Waals surface area contributed by atoms with E-state index in [1.54, 1.807) is 23.5 Å². The van der Waals surface area contributed by atoms with Crippen LogP contribution in [0.25, 0.3) is 21.3 Å². The predicted octanol–water partition coefficient (Wildman–Crippen LogP) is 6.46. The number of thiophene rings is 1. The second-order valence-corrected chi connectivity index (χ2v) is 8.90. The number of nitrogens with one attached hydrogen (secondary N) is 1. The van der Waals surface area contributed by atoms with Crippen LogP contribution < -0.4 is 5.32 Å². The molecule has 1 aliphatic rings. The third kappa shape index (κ3) is 3.19. The van der Waals surface area contributed by atoms with E-state index >= 15 is 0 Å². The van der Waals surface area contributed by atoms with Gasteiger partial charge < -0.3 is 5.32 Å². The van der Waals surface area contributed by atoms with Crippen molar-refractivity contribution >= 4 is 33.1 Å². The van der Waals surface area contributed by atoms with Gasteiger partial charge in [-0.25, -0.2) is 9.37 Å². The van der Waals surface area contributed by atoms with Crippen LogP contribution in [0.4, 0.5) is 10.1 Å². The Balaban J connectivity index is 1.73. The number of aromatic nitrogens is 1. The summed E-state index contributed by atoms with van der Waals surface area (Å²) >= 11 is 1.75. The highest BCUT2D eigenvalue weighted by Crippen LogP contribution is 2.43. The van der Waals surface area contributed by atoms with Crippen molar-refractivity contribution in [2.45, 2.75) is 33.1 Å². The molecule has 4 aromatic rings. The fraction of sp³-hybridized carbons (Fsp3) is 0.200. The summed E-state index contributed by atoms with van der Waals surface area (Å²) in [7, 11) is 0. The zero-order valence-electron chi connectivity index (χ0n) is 16.9. The number of pyridine rings is 1. The van der Waals surface area contributed by atoms with Crippen molar-refractivity contribution in [2.24, 2.45) is 0 Å². The summed E-state index contributed by atoms with van der Waals surface area (Å²) in [5, 5.41) is 4.05. The third-order valence-electron chi connectivity index (χ3n) is 5.70. The molecule has 1 aliphatic carbocycles. The zero-order valence-corrected chi connectivity index (χ0v) is 17.7. The molecule has 5 heteroatoms. The molecule has 2 aromatic carbocycles. The molecule has 0 atom stereocenters. The highest BCUT2D eigenvalue weighted by Gasteiger charge is 2.27. The van der Waals surface area contributed by atoms with E-state index in [-0.39, 0.29) is 11.7 Å². The lowest BCUT2D eigenvalue weighted by molar-refractivity contribution is 0.102. The Morgan fingerprint density at radius 1 is 1.03 bits per heavy atom. The molecule has 0 fully saturated rings. The van der Waals surface area contributed by atoms with Gasteiger partial charge in [-0.3, -0.25) is 4.79 Å². The Morgan fingerprint density at radius 3 is 2.50 bits per heavy atom. The number of hydrogen-bond acceptors (Lipinski definition) is 3. The Morgan fingerprint density at radius 2 is 1.77 bits per heavy atom. The first kappa shape index (κ1) is 18.9. The van der Waals surface area contributed by atoms with E-state index < -0.39 is 0 Å². The molecule has 1 amide bonds. The summed E-state index contributed by atoms with van der Waals surface area (Å²) in [5.41, 5.74) is 6.35. The molecule has 0 spiro atoms. The van der Waals surface area contributed by atoms with Crippen molar-refractivity contribution in [3.8, 4) is 11.1 Å². The molecular weight excluding hydrogens is 395 g/mol. The van der Waals surface area contributed by atoms with Gasteiger partial charge in [0.1, 0.15) is 10.6 Å². The molecule has 0 unspecified atom stereocenters. The summed E-state index contributed by atoms with van der Waals surface area (Å²) in [6, 6.07) is 14.1. The first-order chi connectivity index (χ1) is 14.5. The van der Waals surface area contributed by atoms with E-state index in [1.807, 2.05) is 6.92 Å². The molecule has 2 aromatic heterocycles. The monoisotopic (exact) mass is 416 g/mol. The molecule has 0 saturated heterocycles. The van der Waals surface area contributed by atoms with Crippen LogP contribution in [0.5, 0.6) is 0 Å². The Kier molecular flexibility index (Phi) is 4.63. The van der Waals surface area contributed by atoms with E-state index in [2.05, 4.69) is 36.5 Å². The van der Waals surface area contributed by atoms with Gasteiger partial charge in [0.2, 0.25) is 0 Å². The minimum Gasteiger partial charge on any atom is -0.322 e. The van der Waals surface area contributed by atoms with Crippen molar-refractivity contribution < 1.29 is 9.18 Å². The minimum atomic E-state index is -0.332. The van der Waals surface area contributed by atoms with Crippen LogP contribution in [0, 0.1) is 19.7 Å². The van der Waals surface area contributed by atoms with E-state index in [1.165, 1.54) is 28.1 Å². The van der Waals surface area contributed by atoms with Gasteiger partial charge in [-0.15, -0.1) is 11.3 Å². The maximum atomic E-state index is 13.4. The smallest absolute Gasteiger partial charge is 0.258 e. The molecule has 5 rings (SSSR count). The topological polar surface area (TPSA) is 42.0 Å². The van der Waals surface area contributed by atoms with Crippen molar-refractivity contribution in [3.05, 3.63) is 81.6 Å².